The van der Waals surface area contributed by atoms with Crippen LogP contribution in [-0.2, 0) is 6.54 Å². The van der Waals surface area contributed by atoms with Crippen LogP contribution in [0.15, 0.2) is 0 Å². The highest BCUT2D eigenvalue weighted by molar-refractivity contribution is 7.81. The van der Waals surface area contributed by atoms with Crippen molar-refractivity contribution in [2.45, 2.75) is 40.2 Å². The maximum absolute atomic E-state index is 5.75. The van der Waals surface area contributed by atoms with E-state index in [1.54, 1.807) is 11.3 Å². The Labute approximate surface area is 113 Å². The summed E-state index contributed by atoms with van der Waals surface area (Å²) in [5, 5.41) is 1.11. The minimum Gasteiger partial charge on any atom is -0.389 e. The molecule has 0 atom stereocenters. The summed E-state index contributed by atoms with van der Waals surface area (Å²) in [7, 11) is 0. The molecule has 0 amide bonds. The Morgan fingerprint density at radius 3 is 2.35 bits per heavy atom. The number of aromatic nitrogens is 1. The standard InChI is InChI=1S/C12H21N3S2/c1-5-15(6-2)7-9-14-10(8(3)4)11(17-9)12(13)16/h8H,5-7H2,1-4H3,(H2,13,16). The van der Waals surface area contributed by atoms with E-state index in [0.717, 1.165) is 35.2 Å². The van der Waals surface area contributed by atoms with E-state index in [-0.39, 0.29) is 0 Å². The number of hydrogen-bond donors (Lipinski definition) is 1. The van der Waals surface area contributed by atoms with E-state index in [2.05, 4.69) is 37.6 Å². The van der Waals surface area contributed by atoms with Crippen LogP contribution in [0.4, 0.5) is 0 Å². The summed E-state index contributed by atoms with van der Waals surface area (Å²) in [4.78, 5) is 8.47. The zero-order valence-electron chi connectivity index (χ0n) is 11.0. The fourth-order valence-corrected chi connectivity index (χ4v) is 2.99. The molecule has 0 aliphatic heterocycles. The average Bonchev–Trinajstić information content (AvgIpc) is 2.70. The van der Waals surface area contributed by atoms with Crippen LogP contribution in [-0.4, -0.2) is 28.0 Å². The van der Waals surface area contributed by atoms with E-state index in [1.165, 1.54) is 0 Å². The predicted molar refractivity (Wildman–Crippen MR) is 78.7 cm³/mol. The first-order valence-corrected chi connectivity index (χ1v) is 7.23. The summed E-state index contributed by atoms with van der Waals surface area (Å²) >= 11 is 6.72. The molecule has 0 bridgehead atoms. The number of thiazole rings is 1. The monoisotopic (exact) mass is 271 g/mol. The van der Waals surface area contributed by atoms with Gasteiger partial charge >= 0.3 is 0 Å². The lowest BCUT2D eigenvalue weighted by molar-refractivity contribution is 0.295. The van der Waals surface area contributed by atoms with Gasteiger partial charge in [-0.05, 0) is 19.0 Å². The largest absolute Gasteiger partial charge is 0.389 e. The van der Waals surface area contributed by atoms with E-state index in [0.29, 0.717) is 10.9 Å². The third kappa shape index (κ3) is 3.72. The Morgan fingerprint density at radius 1 is 1.41 bits per heavy atom. The summed E-state index contributed by atoms with van der Waals surface area (Å²) in [5.41, 5.74) is 6.80. The van der Waals surface area contributed by atoms with Gasteiger partial charge in [-0.25, -0.2) is 4.98 Å². The normalized spacial score (nSPS) is 11.4. The van der Waals surface area contributed by atoms with Gasteiger partial charge in [-0.15, -0.1) is 11.3 Å². The maximum Gasteiger partial charge on any atom is 0.116 e. The fraction of sp³-hybridized carbons (Fsp3) is 0.667. The molecule has 0 spiro atoms. The summed E-state index contributed by atoms with van der Waals surface area (Å²) in [6, 6.07) is 0. The quantitative estimate of drug-likeness (QED) is 0.808. The molecule has 0 unspecified atom stereocenters. The molecule has 0 aliphatic rings. The molecule has 3 nitrogen and oxygen atoms in total. The van der Waals surface area contributed by atoms with Crippen molar-refractivity contribution >= 4 is 28.5 Å². The van der Waals surface area contributed by atoms with E-state index in [9.17, 15) is 0 Å². The van der Waals surface area contributed by atoms with Gasteiger partial charge in [0.1, 0.15) is 10.00 Å². The lowest BCUT2D eigenvalue weighted by Crippen LogP contribution is -2.21. The number of thiocarbonyl (C=S) groups is 1. The van der Waals surface area contributed by atoms with Crippen molar-refractivity contribution in [3.63, 3.8) is 0 Å². The highest BCUT2D eigenvalue weighted by atomic mass is 32.1. The predicted octanol–water partition coefficient (Wildman–Crippen LogP) is 2.74. The molecule has 0 aliphatic carbocycles. The first-order chi connectivity index (χ1) is 7.99. The van der Waals surface area contributed by atoms with Crippen molar-refractivity contribution in [3.8, 4) is 0 Å². The Kier molecular flexibility index (Phi) is 5.49. The van der Waals surface area contributed by atoms with Gasteiger partial charge in [0.25, 0.3) is 0 Å². The van der Waals surface area contributed by atoms with Crippen LogP contribution in [0.3, 0.4) is 0 Å². The van der Waals surface area contributed by atoms with Crippen molar-refractivity contribution in [2.75, 3.05) is 13.1 Å². The zero-order valence-corrected chi connectivity index (χ0v) is 12.6. The molecule has 1 aromatic heterocycles. The molecule has 1 heterocycles. The molecule has 1 aromatic rings. The number of nitrogens with zero attached hydrogens (tertiary/aromatic N) is 2. The van der Waals surface area contributed by atoms with Gasteiger partial charge < -0.3 is 5.73 Å². The molecular weight excluding hydrogens is 250 g/mol. The van der Waals surface area contributed by atoms with E-state index in [4.69, 9.17) is 18.0 Å². The van der Waals surface area contributed by atoms with Gasteiger partial charge in [0.05, 0.1) is 17.1 Å². The molecular formula is C12H21N3S2. The van der Waals surface area contributed by atoms with Crippen LogP contribution < -0.4 is 5.73 Å². The SMILES string of the molecule is CCN(CC)Cc1nc(C(C)C)c(C(N)=S)s1. The summed E-state index contributed by atoms with van der Waals surface area (Å²) in [5.74, 6) is 0.369. The fourth-order valence-electron chi connectivity index (χ4n) is 1.65. The molecule has 0 aromatic carbocycles. The van der Waals surface area contributed by atoms with Crippen LogP contribution in [0.1, 0.15) is 49.2 Å². The molecule has 5 heteroatoms. The lowest BCUT2D eigenvalue weighted by Gasteiger charge is -2.15. The van der Waals surface area contributed by atoms with Gasteiger partial charge in [-0.3, -0.25) is 4.90 Å². The summed E-state index contributed by atoms with van der Waals surface area (Å²) in [6.07, 6.45) is 0. The molecule has 0 radical (unpaired) electrons. The van der Waals surface area contributed by atoms with Crippen molar-refractivity contribution in [2.24, 2.45) is 5.73 Å². The van der Waals surface area contributed by atoms with Gasteiger partial charge in [0, 0.05) is 0 Å². The second-order valence-electron chi connectivity index (χ2n) is 4.30. The summed E-state index contributed by atoms with van der Waals surface area (Å²) < 4.78 is 0. The Hall–Kier alpha value is -0.520. The summed E-state index contributed by atoms with van der Waals surface area (Å²) in [6.45, 7) is 11.5. The number of hydrogen-bond acceptors (Lipinski definition) is 4. The van der Waals surface area contributed by atoms with Gasteiger partial charge in [0.15, 0.2) is 0 Å². The van der Waals surface area contributed by atoms with Crippen LogP contribution >= 0.6 is 23.6 Å². The Morgan fingerprint density at radius 2 is 2.00 bits per heavy atom. The smallest absolute Gasteiger partial charge is 0.116 e. The maximum atomic E-state index is 5.75. The second kappa shape index (κ2) is 6.42. The average molecular weight is 271 g/mol. The third-order valence-electron chi connectivity index (χ3n) is 2.72. The first kappa shape index (κ1) is 14.5. The van der Waals surface area contributed by atoms with Crippen LogP contribution in [0.2, 0.25) is 0 Å². The van der Waals surface area contributed by atoms with Crippen molar-refractivity contribution in [1.82, 2.24) is 9.88 Å². The molecule has 96 valence electrons. The molecule has 0 saturated carbocycles. The number of rotatable bonds is 6. The topological polar surface area (TPSA) is 42.2 Å². The minimum absolute atomic E-state index is 0.369. The van der Waals surface area contributed by atoms with Crippen molar-refractivity contribution < 1.29 is 0 Å². The van der Waals surface area contributed by atoms with Crippen molar-refractivity contribution in [3.05, 3.63) is 15.6 Å². The van der Waals surface area contributed by atoms with E-state index in [1.807, 2.05) is 0 Å². The number of nitrogens with two attached hydrogens (primary N) is 1. The zero-order chi connectivity index (χ0) is 13.0. The van der Waals surface area contributed by atoms with Crippen LogP contribution in [0.5, 0.6) is 0 Å². The van der Waals surface area contributed by atoms with E-state index >= 15 is 0 Å². The highest BCUT2D eigenvalue weighted by Gasteiger charge is 2.16. The van der Waals surface area contributed by atoms with Crippen LogP contribution in [0, 0.1) is 0 Å². The van der Waals surface area contributed by atoms with Crippen molar-refractivity contribution in [1.29, 1.82) is 0 Å². The highest BCUT2D eigenvalue weighted by Crippen LogP contribution is 2.25. The Balaban J connectivity index is 2.95. The molecule has 0 fully saturated rings. The van der Waals surface area contributed by atoms with Gasteiger partial charge in [-0.1, -0.05) is 39.9 Å². The first-order valence-electron chi connectivity index (χ1n) is 6.01. The molecule has 17 heavy (non-hydrogen) atoms. The second-order valence-corrected chi connectivity index (χ2v) is 5.83. The van der Waals surface area contributed by atoms with E-state index < -0.39 is 0 Å². The van der Waals surface area contributed by atoms with Gasteiger partial charge in [-0.2, -0.15) is 0 Å². The minimum atomic E-state index is 0.369. The molecule has 0 saturated heterocycles. The van der Waals surface area contributed by atoms with Gasteiger partial charge in [0.2, 0.25) is 0 Å². The third-order valence-corrected chi connectivity index (χ3v) is 4.14. The Bertz CT molecular complexity index is 381. The lowest BCUT2D eigenvalue weighted by atomic mass is 10.1. The van der Waals surface area contributed by atoms with Crippen LogP contribution in [0.25, 0.3) is 0 Å². The molecule has 2 N–H and O–H groups in total. The molecule has 1 rings (SSSR count).